The van der Waals surface area contributed by atoms with Crippen molar-refractivity contribution in [3.8, 4) is 0 Å². The second-order valence-corrected chi connectivity index (χ2v) is 8.79. The molecule has 4 atom stereocenters. The van der Waals surface area contributed by atoms with Crippen LogP contribution in [-0.2, 0) is 0 Å². The minimum Gasteiger partial charge on any atom is -0.395 e. The van der Waals surface area contributed by atoms with Crippen molar-refractivity contribution >= 4 is 11.8 Å². The fourth-order valence-corrected chi connectivity index (χ4v) is 4.42. The Hall–Kier alpha value is 0.270. The van der Waals surface area contributed by atoms with Gasteiger partial charge < -0.3 is 10.4 Å². The number of hydrogen-bond acceptors (Lipinski definition) is 3. The lowest BCUT2D eigenvalue weighted by Gasteiger charge is -2.42. The number of aliphatic hydroxyl groups is 1. The molecule has 1 rings (SSSR count). The molecule has 0 aromatic rings. The van der Waals surface area contributed by atoms with Crippen molar-refractivity contribution in [3.63, 3.8) is 0 Å². The summed E-state index contributed by atoms with van der Waals surface area (Å²) in [5.41, 5.74) is 0.414. The highest BCUT2D eigenvalue weighted by Gasteiger charge is 2.36. The maximum atomic E-state index is 9.31. The molecule has 2 nitrogen and oxygen atoms in total. The van der Waals surface area contributed by atoms with E-state index in [1.807, 2.05) is 11.8 Å². The first-order chi connectivity index (χ1) is 8.88. The van der Waals surface area contributed by atoms with Gasteiger partial charge in [0.05, 0.1) is 6.61 Å². The first-order valence-corrected chi connectivity index (χ1v) is 8.82. The number of aliphatic hydroxyl groups excluding tert-OH is 1. The Balaban J connectivity index is 2.63. The first kappa shape index (κ1) is 17.3. The predicted octanol–water partition coefficient (Wildman–Crippen LogP) is 3.68. The molecule has 2 N–H and O–H groups in total. The highest BCUT2D eigenvalue weighted by molar-refractivity contribution is 8.00. The van der Waals surface area contributed by atoms with E-state index in [0.717, 1.165) is 12.5 Å². The van der Waals surface area contributed by atoms with E-state index in [9.17, 15) is 5.11 Å². The van der Waals surface area contributed by atoms with Crippen molar-refractivity contribution in [2.75, 3.05) is 13.2 Å². The molecule has 0 amide bonds. The molecule has 3 heteroatoms. The highest BCUT2D eigenvalue weighted by atomic mass is 32.2. The molecule has 0 heterocycles. The minimum atomic E-state index is 0.294. The third kappa shape index (κ3) is 5.65. The summed E-state index contributed by atoms with van der Waals surface area (Å²) in [5, 5.41) is 14.0. The molecule has 1 aliphatic carbocycles. The monoisotopic (exact) mass is 287 g/mol. The first-order valence-electron chi connectivity index (χ1n) is 7.88. The van der Waals surface area contributed by atoms with Gasteiger partial charge in [0.1, 0.15) is 0 Å². The van der Waals surface area contributed by atoms with Gasteiger partial charge in [0, 0.05) is 16.5 Å². The molecule has 0 aliphatic heterocycles. The van der Waals surface area contributed by atoms with Crippen LogP contribution in [0, 0.1) is 11.3 Å². The van der Waals surface area contributed by atoms with Crippen LogP contribution in [0.25, 0.3) is 0 Å². The number of thioether (sulfide) groups is 1. The predicted molar refractivity (Wildman–Crippen MR) is 86.8 cm³/mol. The van der Waals surface area contributed by atoms with E-state index >= 15 is 0 Å². The highest BCUT2D eigenvalue weighted by Crippen LogP contribution is 2.42. The quantitative estimate of drug-likeness (QED) is 0.781. The zero-order valence-electron chi connectivity index (χ0n) is 13.4. The van der Waals surface area contributed by atoms with Crippen LogP contribution in [0.4, 0.5) is 0 Å². The Morgan fingerprint density at radius 3 is 2.53 bits per heavy atom. The SMILES string of the molecule is CCCNC1CCC(C(C)(C)C)CC1SC(C)CO. The van der Waals surface area contributed by atoms with Crippen LogP contribution < -0.4 is 5.32 Å². The summed E-state index contributed by atoms with van der Waals surface area (Å²) in [6.07, 6.45) is 5.12. The van der Waals surface area contributed by atoms with Gasteiger partial charge in [-0.2, -0.15) is 11.8 Å². The van der Waals surface area contributed by atoms with Crippen molar-refractivity contribution < 1.29 is 5.11 Å². The van der Waals surface area contributed by atoms with E-state index in [1.54, 1.807) is 0 Å². The van der Waals surface area contributed by atoms with Crippen LogP contribution in [0.5, 0.6) is 0 Å². The topological polar surface area (TPSA) is 32.3 Å². The van der Waals surface area contributed by atoms with Gasteiger partial charge in [0.15, 0.2) is 0 Å². The zero-order valence-corrected chi connectivity index (χ0v) is 14.2. The zero-order chi connectivity index (χ0) is 14.5. The van der Waals surface area contributed by atoms with Gasteiger partial charge in [-0.05, 0) is 43.6 Å². The Bertz CT molecular complexity index is 252. The summed E-state index contributed by atoms with van der Waals surface area (Å²) < 4.78 is 0. The normalized spacial score (nSPS) is 30.3. The lowest BCUT2D eigenvalue weighted by atomic mass is 9.71. The van der Waals surface area contributed by atoms with E-state index in [-0.39, 0.29) is 0 Å². The summed E-state index contributed by atoms with van der Waals surface area (Å²) in [4.78, 5) is 0. The van der Waals surface area contributed by atoms with E-state index in [2.05, 4.69) is 39.9 Å². The number of nitrogens with one attached hydrogen (secondary N) is 1. The van der Waals surface area contributed by atoms with E-state index in [4.69, 9.17) is 0 Å². The standard InChI is InChI=1S/C16H33NOS/c1-6-9-17-14-8-7-13(16(3,4)5)10-15(14)19-12(2)11-18/h12-15,17-18H,6-11H2,1-5H3. The Morgan fingerprint density at radius 2 is 2.00 bits per heavy atom. The maximum absolute atomic E-state index is 9.31. The van der Waals surface area contributed by atoms with Crippen molar-refractivity contribution in [2.45, 2.75) is 76.8 Å². The van der Waals surface area contributed by atoms with Crippen LogP contribution >= 0.6 is 11.8 Å². The van der Waals surface area contributed by atoms with Crippen LogP contribution in [-0.4, -0.2) is 34.8 Å². The molecule has 114 valence electrons. The molecule has 1 aliphatic rings. The van der Waals surface area contributed by atoms with Gasteiger partial charge in [-0.15, -0.1) is 0 Å². The average molecular weight is 288 g/mol. The molecule has 1 saturated carbocycles. The van der Waals surface area contributed by atoms with Crippen LogP contribution in [0.15, 0.2) is 0 Å². The fourth-order valence-electron chi connectivity index (χ4n) is 2.97. The summed E-state index contributed by atoms with van der Waals surface area (Å²) in [6, 6.07) is 0.637. The fraction of sp³-hybridized carbons (Fsp3) is 1.00. The molecule has 4 unspecified atom stereocenters. The smallest absolute Gasteiger partial charge is 0.0547 e. The second-order valence-electron chi connectivity index (χ2n) is 7.10. The second kappa shape index (κ2) is 7.90. The van der Waals surface area contributed by atoms with Gasteiger partial charge in [0.2, 0.25) is 0 Å². The van der Waals surface area contributed by atoms with Crippen LogP contribution in [0.2, 0.25) is 0 Å². The molecule has 0 bridgehead atoms. The van der Waals surface area contributed by atoms with Gasteiger partial charge in [0.25, 0.3) is 0 Å². The molecule has 0 aromatic heterocycles. The number of hydrogen-bond donors (Lipinski definition) is 2. The Morgan fingerprint density at radius 1 is 1.32 bits per heavy atom. The summed E-state index contributed by atoms with van der Waals surface area (Å²) in [7, 11) is 0. The Labute approximate surface area is 124 Å². The van der Waals surface area contributed by atoms with Gasteiger partial charge in [-0.3, -0.25) is 0 Å². The molecule has 19 heavy (non-hydrogen) atoms. The lowest BCUT2D eigenvalue weighted by molar-refractivity contribution is 0.164. The largest absolute Gasteiger partial charge is 0.395 e. The molecule has 1 fully saturated rings. The van der Waals surface area contributed by atoms with Gasteiger partial charge >= 0.3 is 0 Å². The van der Waals surface area contributed by atoms with Crippen LogP contribution in [0.3, 0.4) is 0 Å². The van der Waals surface area contributed by atoms with Crippen molar-refractivity contribution in [1.29, 1.82) is 0 Å². The molecule has 0 aromatic carbocycles. The van der Waals surface area contributed by atoms with E-state index < -0.39 is 0 Å². The average Bonchev–Trinajstić information content (AvgIpc) is 2.35. The molecule has 0 radical (unpaired) electrons. The summed E-state index contributed by atoms with van der Waals surface area (Å²) in [6.45, 7) is 12.9. The molecular weight excluding hydrogens is 254 g/mol. The van der Waals surface area contributed by atoms with Crippen molar-refractivity contribution in [2.24, 2.45) is 11.3 Å². The third-order valence-corrected chi connectivity index (χ3v) is 5.82. The lowest BCUT2D eigenvalue weighted by Crippen LogP contribution is -2.45. The maximum Gasteiger partial charge on any atom is 0.0547 e. The van der Waals surface area contributed by atoms with Gasteiger partial charge in [-0.25, -0.2) is 0 Å². The molecule has 0 saturated heterocycles. The summed E-state index contributed by atoms with van der Waals surface area (Å²) in [5.74, 6) is 0.815. The number of rotatable bonds is 6. The van der Waals surface area contributed by atoms with Crippen LogP contribution in [0.1, 0.15) is 60.3 Å². The van der Waals surface area contributed by atoms with E-state index in [0.29, 0.717) is 28.6 Å². The van der Waals surface area contributed by atoms with Crippen molar-refractivity contribution in [3.05, 3.63) is 0 Å². The molecular formula is C16H33NOS. The molecule has 0 spiro atoms. The minimum absolute atomic E-state index is 0.294. The Kier molecular flexibility index (Phi) is 7.20. The van der Waals surface area contributed by atoms with Gasteiger partial charge in [-0.1, -0.05) is 34.6 Å². The van der Waals surface area contributed by atoms with Crippen molar-refractivity contribution in [1.82, 2.24) is 5.32 Å². The third-order valence-electron chi connectivity index (χ3n) is 4.34. The van der Waals surface area contributed by atoms with E-state index in [1.165, 1.54) is 25.7 Å². The summed E-state index contributed by atoms with van der Waals surface area (Å²) >= 11 is 1.99.